The number of hydrogen-bond donors (Lipinski definition) is 1. The molecule has 0 aliphatic carbocycles. The Morgan fingerprint density at radius 3 is 2.32 bits per heavy atom. The molecule has 6 heteroatoms. The van der Waals surface area contributed by atoms with Crippen LogP contribution in [0.1, 0.15) is 37.0 Å². The molecule has 1 N–H and O–H groups in total. The van der Waals surface area contributed by atoms with Crippen molar-refractivity contribution in [3.8, 4) is 0 Å². The molecular weight excluding hydrogens is 264 g/mol. The Labute approximate surface area is 114 Å². The number of ketones is 1. The van der Waals surface area contributed by atoms with E-state index in [4.69, 9.17) is 0 Å². The van der Waals surface area contributed by atoms with Crippen molar-refractivity contribution in [2.24, 2.45) is 0 Å². The molecule has 0 aliphatic rings. The van der Waals surface area contributed by atoms with Gasteiger partial charge in [-0.05, 0) is 37.6 Å². The molecule has 0 radical (unpaired) electrons. The number of nitrogens with zero attached hydrogens (tertiary/aromatic N) is 1. The highest BCUT2D eigenvalue weighted by Gasteiger charge is 2.16. The molecule has 0 atom stereocenters. The normalized spacial score (nSPS) is 11.6. The maximum atomic E-state index is 12.0. The van der Waals surface area contributed by atoms with Gasteiger partial charge in [0.25, 0.3) is 0 Å². The van der Waals surface area contributed by atoms with E-state index in [0.717, 1.165) is 12.8 Å². The summed E-state index contributed by atoms with van der Waals surface area (Å²) >= 11 is 0. The van der Waals surface area contributed by atoms with Crippen LogP contribution in [0.2, 0.25) is 0 Å². The second kappa shape index (κ2) is 6.68. The molecule has 1 rings (SSSR count). The summed E-state index contributed by atoms with van der Waals surface area (Å²) in [6, 6.07) is 6.38. The second-order valence-corrected chi connectivity index (χ2v) is 6.19. The van der Waals surface area contributed by atoms with Crippen molar-refractivity contribution in [3.05, 3.63) is 29.8 Å². The van der Waals surface area contributed by atoms with Gasteiger partial charge in [0.05, 0.1) is 0 Å². The largest absolute Gasteiger partial charge is 0.301 e. The lowest BCUT2D eigenvalue weighted by atomic mass is 10.1. The fourth-order valence-electron chi connectivity index (χ4n) is 1.50. The van der Waals surface area contributed by atoms with Crippen molar-refractivity contribution in [2.75, 3.05) is 18.3 Å². The first-order valence-electron chi connectivity index (χ1n) is 6.22. The van der Waals surface area contributed by atoms with Crippen molar-refractivity contribution in [2.45, 2.75) is 26.7 Å². The van der Waals surface area contributed by atoms with E-state index < -0.39 is 10.2 Å². The first-order valence-corrected chi connectivity index (χ1v) is 7.66. The minimum atomic E-state index is -3.52. The summed E-state index contributed by atoms with van der Waals surface area (Å²) in [5.74, 6) is -0.0468. The van der Waals surface area contributed by atoms with E-state index in [2.05, 4.69) is 4.72 Å². The summed E-state index contributed by atoms with van der Waals surface area (Å²) in [7, 11) is -1.98. The lowest BCUT2D eigenvalue weighted by Crippen LogP contribution is -2.33. The van der Waals surface area contributed by atoms with Gasteiger partial charge in [0.1, 0.15) is 0 Å². The van der Waals surface area contributed by atoms with Gasteiger partial charge in [-0.3, -0.25) is 9.52 Å². The lowest BCUT2D eigenvalue weighted by Gasteiger charge is -2.18. The van der Waals surface area contributed by atoms with E-state index in [-0.39, 0.29) is 5.78 Å². The van der Waals surface area contributed by atoms with Crippen molar-refractivity contribution in [3.63, 3.8) is 0 Å². The van der Waals surface area contributed by atoms with Gasteiger partial charge in [0.2, 0.25) is 0 Å². The molecule has 0 saturated heterocycles. The molecule has 0 unspecified atom stereocenters. The van der Waals surface area contributed by atoms with Gasteiger partial charge in [-0.1, -0.05) is 13.3 Å². The van der Waals surface area contributed by atoms with Gasteiger partial charge in [0, 0.05) is 24.8 Å². The number of anilines is 1. The van der Waals surface area contributed by atoms with Crippen molar-refractivity contribution in [1.29, 1.82) is 0 Å². The minimum Gasteiger partial charge on any atom is -0.295 e. The highest BCUT2D eigenvalue weighted by Crippen LogP contribution is 2.13. The zero-order valence-electron chi connectivity index (χ0n) is 11.5. The van der Waals surface area contributed by atoms with E-state index in [9.17, 15) is 13.2 Å². The van der Waals surface area contributed by atoms with Crippen LogP contribution >= 0.6 is 0 Å². The SMILES string of the molecule is CCCCN(C)S(=O)(=O)Nc1ccc(C(C)=O)cc1. The molecule has 0 amide bonds. The topological polar surface area (TPSA) is 66.5 Å². The fourth-order valence-corrected chi connectivity index (χ4v) is 2.46. The third-order valence-electron chi connectivity index (χ3n) is 2.78. The molecule has 0 bridgehead atoms. The van der Waals surface area contributed by atoms with Crippen LogP contribution < -0.4 is 4.72 Å². The smallest absolute Gasteiger partial charge is 0.295 e. The number of benzene rings is 1. The molecule has 0 aromatic heterocycles. The van der Waals surface area contributed by atoms with Gasteiger partial charge in [-0.15, -0.1) is 0 Å². The summed E-state index contributed by atoms with van der Waals surface area (Å²) < 4.78 is 27.7. The van der Waals surface area contributed by atoms with Gasteiger partial charge in [0.15, 0.2) is 5.78 Å². The molecule has 0 saturated carbocycles. The second-order valence-electron chi connectivity index (χ2n) is 4.42. The average molecular weight is 284 g/mol. The summed E-state index contributed by atoms with van der Waals surface area (Å²) in [6.07, 6.45) is 1.76. The number of hydrogen-bond acceptors (Lipinski definition) is 3. The first kappa shape index (κ1) is 15.7. The molecular formula is C13H20N2O3S. The van der Waals surface area contributed by atoms with Crippen LogP contribution in [0.15, 0.2) is 24.3 Å². The van der Waals surface area contributed by atoms with Crippen LogP contribution in [0.3, 0.4) is 0 Å². The Morgan fingerprint density at radius 1 is 1.26 bits per heavy atom. The number of nitrogens with one attached hydrogen (secondary N) is 1. The number of carbonyl (C=O) groups is 1. The molecule has 0 spiro atoms. The standard InChI is InChI=1S/C13H20N2O3S/c1-4-5-10-15(3)19(17,18)14-13-8-6-12(7-9-13)11(2)16/h6-9,14H,4-5,10H2,1-3H3. The van der Waals surface area contributed by atoms with Crippen LogP contribution in [-0.4, -0.2) is 32.1 Å². The molecule has 5 nitrogen and oxygen atoms in total. The Kier molecular flexibility index (Phi) is 5.50. The van der Waals surface area contributed by atoms with E-state index in [1.807, 2.05) is 6.92 Å². The molecule has 0 aliphatic heterocycles. The number of carbonyl (C=O) groups excluding carboxylic acids is 1. The van der Waals surface area contributed by atoms with Crippen LogP contribution in [0, 0.1) is 0 Å². The quantitative estimate of drug-likeness (QED) is 0.781. The van der Waals surface area contributed by atoms with Crippen molar-refractivity contribution in [1.82, 2.24) is 4.31 Å². The molecule has 0 fully saturated rings. The van der Waals surface area contributed by atoms with E-state index >= 15 is 0 Å². The highest BCUT2D eigenvalue weighted by atomic mass is 32.2. The average Bonchev–Trinajstić information content (AvgIpc) is 2.36. The lowest BCUT2D eigenvalue weighted by molar-refractivity contribution is 0.101. The Morgan fingerprint density at radius 2 is 1.84 bits per heavy atom. The number of Topliss-reactive ketones (excluding diaryl/α,β-unsaturated/α-hetero) is 1. The fraction of sp³-hybridized carbons (Fsp3) is 0.462. The van der Waals surface area contributed by atoms with Crippen molar-refractivity contribution >= 4 is 21.7 Å². The van der Waals surface area contributed by atoms with Gasteiger partial charge in [-0.2, -0.15) is 12.7 Å². The van der Waals surface area contributed by atoms with Gasteiger partial charge in [-0.25, -0.2) is 0 Å². The third-order valence-corrected chi connectivity index (χ3v) is 4.27. The maximum absolute atomic E-state index is 12.0. The Balaban J connectivity index is 2.75. The number of unbranched alkanes of at least 4 members (excludes halogenated alkanes) is 1. The van der Waals surface area contributed by atoms with Crippen LogP contribution in [-0.2, 0) is 10.2 Å². The predicted molar refractivity (Wildman–Crippen MR) is 76.5 cm³/mol. The van der Waals surface area contributed by atoms with Crippen molar-refractivity contribution < 1.29 is 13.2 Å². The molecule has 106 valence electrons. The van der Waals surface area contributed by atoms with E-state index in [1.165, 1.54) is 11.2 Å². The van der Waals surface area contributed by atoms with Gasteiger partial charge < -0.3 is 0 Å². The van der Waals surface area contributed by atoms with Gasteiger partial charge >= 0.3 is 10.2 Å². The third kappa shape index (κ3) is 4.65. The summed E-state index contributed by atoms with van der Waals surface area (Å²) in [6.45, 7) is 3.96. The monoisotopic (exact) mass is 284 g/mol. The summed E-state index contributed by atoms with van der Waals surface area (Å²) in [5, 5.41) is 0. The van der Waals surface area contributed by atoms with Crippen LogP contribution in [0.25, 0.3) is 0 Å². The number of rotatable bonds is 7. The minimum absolute atomic E-state index is 0.0468. The predicted octanol–water partition coefficient (Wildman–Crippen LogP) is 2.28. The first-order chi connectivity index (χ1) is 8.86. The summed E-state index contributed by atoms with van der Waals surface area (Å²) in [5.41, 5.74) is 1.01. The molecule has 19 heavy (non-hydrogen) atoms. The Bertz CT molecular complexity index is 523. The Hall–Kier alpha value is -1.40. The maximum Gasteiger partial charge on any atom is 0.301 e. The van der Waals surface area contributed by atoms with Crippen LogP contribution in [0.5, 0.6) is 0 Å². The van der Waals surface area contributed by atoms with E-state index in [1.54, 1.807) is 31.3 Å². The zero-order chi connectivity index (χ0) is 14.5. The molecule has 1 aromatic rings. The molecule has 0 heterocycles. The molecule has 1 aromatic carbocycles. The highest BCUT2D eigenvalue weighted by molar-refractivity contribution is 7.90. The van der Waals surface area contributed by atoms with Crippen LogP contribution in [0.4, 0.5) is 5.69 Å². The zero-order valence-corrected chi connectivity index (χ0v) is 12.3. The van der Waals surface area contributed by atoms with E-state index in [0.29, 0.717) is 17.8 Å². The summed E-state index contributed by atoms with van der Waals surface area (Å²) in [4.78, 5) is 11.1.